The first-order chi connectivity index (χ1) is 8.11. The van der Waals surface area contributed by atoms with Crippen LogP contribution < -0.4 is 0 Å². The number of aliphatic hydroxyl groups is 2. The Morgan fingerprint density at radius 2 is 2.35 bits per heavy atom. The van der Waals surface area contributed by atoms with Crippen LogP contribution in [0.1, 0.15) is 0 Å². The van der Waals surface area contributed by atoms with Crippen LogP contribution in [0.2, 0.25) is 0 Å². The molecular formula is C10H12N2O5. The minimum Gasteiger partial charge on any atom is -0.454 e. The van der Waals surface area contributed by atoms with Gasteiger partial charge in [-0.05, 0) is 0 Å². The molecule has 2 fully saturated rings. The molecule has 7 nitrogen and oxygen atoms in total. The lowest BCUT2D eigenvalue weighted by Crippen LogP contribution is -2.41. The summed E-state index contributed by atoms with van der Waals surface area (Å²) in [7, 11) is 0. The topological polar surface area (TPSA) is 91.6 Å². The van der Waals surface area contributed by atoms with E-state index in [0.717, 1.165) is 0 Å². The molecule has 3 aliphatic heterocycles. The SMILES string of the molecule is C=C1CN2C(=NC1=O)O[C@@H]1C(O)[C@H](CO)O[C@@H]12. The number of amidine groups is 1. The van der Waals surface area contributed by atoms with E-state index in [1.54, 1.807) is 4.90 Å². The van der Waals surface area contributed by atoms with Gasteiger partial charge in [0.1, 0.15) is 12.2 Å². The van der Waals surface area contributed by atoms with E-state index < -0.39 is 30.4 Å². The summed E-state index contributed by atoms with van der Waals surface area (Å²) in [5.41, 5.74) is 0.350. The molecule has 3 aliphatic rings. The van der Waals surface area contributed by atoms with Gasteiger partial charge in [-0.2, -0.15) is 4.99 Å². The van der Waals surface area contributed by atoms with Crippen LogP contribution >= 0.6 is 0 Å². The van der Waals surface area contributed by atoms with E-state index in [-0.39, 0.29) is 19.2 Å². The minimum atomic E-state index is -0.929. The van der Waals surface area contributed by atoms with E-state index in [4.69, 9.17) is 14.6 Å². The fraction of sp³-hybridized carbons (Fsp3) is 0.600. The molecule has 2 saturated heterocycles. The fourth-order valence-corrected chi connectivity index (χ4v) is 2.23. The van der Waals surface area contributed by atoms with Gasteiger partial charge in [0.05, 0.1) is 13.2 Å². The first-order valence-corrected chi connectivity index (χ1v) is 5.30. The predicted molar refractivity (Wildman–Crippen MR) is 54.9 cm³/mol. The van der Waals surface area contributed by atoms with E-state index in [0.29, 0.717) is 5.57 Å². The molecule has 4 atom stereocenters. The molecule has 0 saturated carbocycles. The fourth-order valence-electron chi connectivity index (χ4n) is 2.23. The Kier molecular flexibility index (Phi) is 2.22. The Morgan fingerprint density at radius 1 is 1.59 bits per heavy atom. The van der Waals surface area contributed by atoms with Crippen molar-refractivity contribution in [2.24, 2.45) is 4.99 Å². The van der Waals surface area contributed by atoms with Crippen molar-refractivity contribution in [2.45, 2.75) is 24.5 Å². The summed E-state index contributed by atoms with van der Waals surface area (Å²) in [4.78, 5) is 16.7. The number of carbonyl (C=O) groups excluding carboxylic acids is 1. The van der Waals surface area contributed by atoms with Crippen LogP contribution in [-0.4, -0.2) is 64.7 Å². The van der Waals surface area contributed by atoms with Gasteiger partial charge in [-0.15, -0.1) is 0 Å². The Bertz CT molecular complexity index is 421. The first-order valence-electron chi connectivity index (χ1n) is 5.30. The first kappa shape index (κ1) is 10.7. The van der Waals surface area contributed by atoms with E-state index in [9.17, 15) is 9.90 Å². The second-order valence-corrected chi connectivity index (χ2v) is 4.25. The molecule has 3 rings (SSSR count). The molecule has 0 bridgehead atoms. The number of amides is 1. The average Bonchev–Trinajstić information content (AvgIpc) is 2.78. The van der Waals surface area contributed by atoms with Gasteiger partial charge in [-0.3, -0.25) is 9.69 Å². The molecule has 17 heavy (non-hydrogen) atoms. The molecule has 1 amide bonds. The predicted octanol–water partition coefficient (Wildman–Crippen LogP) is -1.78. The van der Waals surface area contributed by atoms with Gasteiger partial charge >= 0.3 is 0 Å². The van der Waals surface area contributed by atoms with Gasteiger partial charge < -0.3 is 19.7 Å². The Labute approximate surface area is 96.9 Å². The summed E-state index contributed by atoms with van der Waals surface area (Å²) < 4.78 is 10.8. The molecule has 0 radical (unpaired) electrons. The minimum absolute atomic E-state index is 0.160. The summed E-state index contributed by atoms with van der Waals surface area (Å²) in [5, 5.41) is 18.9. The molecule has 92 valence electrons. The number of ether oxygens (including phenoxy) is 2. The van der Waals surface area contributed by atoms with Crippen LogP contribution in [0.3, 0.4) is 0 Å². The van der Waals surface area contributed by atoms with E-state index in [1.165, 1.54) is 0 Å². The number of nitrogens with zero attached hydrogens (tertiary/aromatic N) is 2. The molecule has 0 spiro atoms. The van der Waals surface area contributed by atoms with Crippen LogP contribution in [0.5, 0.6) is 0 Å². The van der Waals surface area contributed by atoms with E-state index in [1.807, 2.05) is 0 Å². The number of rotatable bonds is 1. The third-order valence-electron chi connectivity index (χ3n) is 3.15. The van der Waals surface area contributed by atoms with Crippen LogP contribution in [-0.2, 0) is 14.3 Å². The van der Waals surface area contributed by atoms with Crippen LogP contribution in [0.4, 0.5) is 0 Å². The van der Waals surface area contributed by atoms with Gasteiger partial charge in [0, 0.05) is 5.57 Å². The lowest BCUT2D eigenvalue weighted by molar-refractivity contribution is -0.115. The Morgan fingerprint density at radius 3 is 3.06 bits per heavy atom. The molecule has 2 N–H and O–H groups in total. The molecular weight excluding hydrogens is 228 g/mol. The summed E-state index contributed by atoms with van der Waals surface area (Å²) in [6.45, 7) is 3.59. The zero-order chi connectivity index (χ0) is 12.2. The number of aliphatic hydroxyl groups excluding tert-OH is 2. The van der Waals surface area contributed by atoms with Gasteiger partial charge in [0.2, 0.25) is 0 Å². The highest BCUT2D eigenvalue weighted by Gasteiger charge is 2.55. The number of fused-ring (bicyclic) bond motifs is 3. The molecule has 0 aliphatic carbocycles. The van der Waals surface area contributed by atoms with Gasteiger partial charge in [0.25, 0.3) is 11.9 Å². The van der Waals surface area contributed by atoms with Crippen molar-refractivity contribution in [1.82, 2.24) is 4.90 Å². The summed E-state index contributed by atoms with van der Waals surface area (Å²) >= 11 is 0. The maximum atomic E-state index is 11.3. The smallest absolute Gasteiger partial charge is 0.298 e. The lowest BCUT2D eigenvalue weighted by atomic mass is 10.1. The molecule has 0 aromatic heterocycles. The quantitative estimate of drug-likeness (QED) is 0.526. The van der Waals surface area contributed by atoms with Crippen molar-refractivity contribution in [3.8, 4) is 0 Å². The second kappa shape index (κ2) is 3.52. The molecule has 3 heterocycles. The molecule has 0 aromatic rings. The summed E-state index contributed by atoms with van der Waals surface area (Å²) in [5.74, 6) is -0.413. The highest BCUT2D eigenvalue weighted by Crippen LogP contribution is 2.34. The van der Waals surface area contributed by atoms with Crippen molar-refractivity contribution in [3.63, 3.8) is 0 Å². The highest BCUT2D eigenvalue weighted by molar-refractivity contribution is 6.04. The third-order valence-corrected chi connectivity index (χ3v) is 3.15. The van der Waals surface area contributed by atoms with Crippen molar-refractivity contribution in [2.75, 3.05) is 13.2 Å². The standard InChI is InChI=1S/C10H12N2O5/c1-4-2-12-9-7(6(14)5(3-13)16-9)17-10(12)11-8(4)15/h5-7,9,13-14H,1-3H2/t5-,6?,7+,9-/m0/s1. The largest absolute Gasteiger partial charge is 0.454 e. The van der Waals surface area contributed by atoms with E-state index in [2.05, 4.69) is 11.6 Å². The van der Waals surface area contributed by atoms with Crippen molar-refractivity contribution in [1.29, 1.82) is 0 Å². The lowest BCUT2D eigenvalue weighted by Gasteiger charge is -2.25. The van der Waals surface area contributed by atoms with Gasteiger partial charge in [-0.1, -0.05) is 6.58 Å². The van der Waals surface area contributed by atoms with Crippen molar-refractivity contribution in [3.05, 3.63) is 12.2 Å². The maximum absolute atomic E-state index is 11.3. The number of hydrogen-bond acceptors (Lipinski definition) is 6. The molecule has 0 aromatic carbocycles. The van der Waals surface area contributed by atoms with Gasteiger partial charge in [-0.25, -0.2) is 0 Å². The highest BCUT2D eigenvalue weighted by atomic mass is 16.6. The Balaban J connectivity index is 1.88. The van der Waals surface area contributed by atoms with E-state index >= 15 is 0 Å². The van der Waals surface area contributed by atoms with Crippen molar-refractivity contribution >= 4 is 11.9 Å². The number of aliphatic imine (C=N–C) groups is 1. The second-order valence-electron chi connectivity index (χ2n) is 4.25. The van der Waals surface area contributed by atoms with Gasteiger partial charge in [0.15, 0.2) is 12.3 Å². The van der Waals surface area contributed by atoms with Crippen LogP contribution in [0.15, 0.2) is 17.1 Å². The summed E-state index contributed by atoms with van der Waals surface area (Å²) in [6, 6.07) is 0.160. The third kappa shape index (κ3) is 1.40. The number of hydrogen-bond donors (Lipinski definition) is 2. The van der Waals surface area contributed by atoms with Crippen molar-refractivity contribution < 1.29 is 24.5 Å². The summed E-state index contributed by atoms with van der Waals surface area (Å²) in [6.07, 6.45) is -2.74. The van der Waals surface area contributed by atoms with Crippen LogP contribution in [0.25, 0.3) is 0 Å². The monoisotopic (exact) mass is 240 g/mol. The van der Waals surface area contributed by atoms with Crippen LogP contribution in [0, 0.1) is 0 Å². The normalized spacial score (nSPS) is 39.9. The molecule has 7 heteroatoms. The number of carbonyl (C=O) groups is 1. The average molecular weight is 240 g/mol. The zero-order valence-corrected chi connectivity index (χ0v) is 8.94. The maximum Gasteiger partial charge on any atom is 0.298 e. The Hall–Kier alpha value is -1.44. The molecule has 1 unspecified atom stereocenters. The zero-order valence-electron chi connectivity index (χ0n) is 8.94.